The van der Waals surface area contributed by atoms with E-state index in [1.165, 1.54) is 24.3 Å². The summed E-state index contributed by atoms with van der Waals surface area (Å²) in [5.74, 6) is -0.165. The van der Waals surface area contributed by atoms with Gasteiger partial charge < -0.3 is 10.1 Å². The van der Waals surface area contributed by atoms with Crippen LogP contribution in [0.15, 0.2) is 48.5 Å². The average Bonchev–Trinajstić information content (AvgIpc) is 2.41. The van der Waals surface area contributed by atoms with E-state index in [9.17, 15) is 9.18 Å². The molecule has 3 nitrogen and oxygen atoms in total. The first-order valence-corrected chi connectivity index (χ1v) is 6.41. The van der Waals surface area contributed by atoms with Crippen LogP contribution in [0.2, 0.25) is 5.02 Å². The van der Waals surface area contributed by atoms with Crippen LogP contribution in [0.3, 0.4) is 0 Å². The number of halogens is 2. The Balaban J connectivity index is 1.96. The Morgan fingerprint density at radius 2 is 1.95 bits per heavy atom. The number of nitrogens with one attached hydrogen (secondary N) is 1. The molecule has 104 valence electrons. The SMILES string of the molecule is C[C@H](Oc1cccc(Cl)c1)C(=O)Nc1ccc(F)cc1. The van der Waals surface area contributed by atoms with Crippen molar-refractivity contribution in [3.8, 4) is 5.75 Å². The van der Waals surface area contributed by atoms with Crippen molar-refractivity contribution in [2.24, 2.45) is 0 Å². The van der Waals surface area contributed by atoms with Crippen LogP contribution >= 0.6 is 11.6 Å². The molecule has 2 rings (SSSR count). The summed E-state index contributed by atoms with van der Waals surface area (Å²) in [7, 11) is 0. The van der Waals surface area contributed by atoms with Gasteiger partial charge in [-0.15, -0.1) is 0 Å². The highest BCUT2D eigenvalue weighted by molar-refractivity contribution is 6.30. The third-order valence-corrected chi connectivity index (χ3v) is 2.83. The Morgan fingerprint density at radius 3 is 2.60 bits per heavy atom. The maximum Gasteiger partial charge on any atom is 0.265 e. The summed E-state index contributed by atoms with van der Waals surface area (Å²) in [4.78, 5) is 11.9. The fourth-order valence-electron chi connectivity index (χ4n) is 1.58. The fraction of sp³-hybridized carbons (Fsp3) is 0.133. The van der Waals surface area contributed by atoms with E-state index >= 15 is 0 Å². The molecular weight excluding hydrogens is 281 g/mol. The second-order valence-electron chi connectivity index (χ2n) is 4.21. The van der Waals surface area contributed by atoms with Gasteiger partial charge in [0.1, 0.15) is 11.6 Å². The Kier molecular flexibility index (Phi) is 4.58. The summed E-state index contributed by atoms with van der Waals surface area (Å²) in [5.41, 5.74) is 0.512. The van der Waals surface area contributed by atoms with Gasteiger partial charge in [0.15, 0.2) is 6.10 Å². The van der Waals surface area contributed by atoms with Gasteiger partial charge in [0.2, 0.25) is 0 Å². The van der Waals surface area contributed by atoms with Crippen LogP contribution in [0.4, 0.5) is 10.1 Å². The van der Waals surface area contributed by atoms with Crippen LogP contribution in [0, 0.1) is 5.82 Å². The summed E-state index contributed by atoms with van der Waals surface area (Å²) < 4.78 is 18.2. The lowest BCUT2D eigenvalue weighted by molar-refractivity contribution is -0.122. The Morgan fingerprint density at radius 1 is 1.25 bits per heavy atom. The monoisotopic (exact) mass is 293 g/mol. The number of hydrogen-bond donors (Lipinski definition) is 1. The smallest absolute Gasteiger partial charge is 0.265 e. The Bertz CT molecular complexity index is 601. The van der Waals surface area contributed by atoms with Crippen molar-refractivity contribution >= 4 is 23.2 Å². The Hall–Kier alpha value is -2.07. The van der Waals surface area contributed by atoms with Gasteiger partial charge >= 0.3 is 0 Å². The molecule has 2 aromatic carbocycles. The summed E-state index contributed by atoms with van der Waals surface area (Å²) in [6.07, 6.45) is -0.696. The van der Waals surface area contributed by atoms with Gasteiger partial charge in [0.25, 0.3) is 5.91 Å². The van der Waals surface area contributed by atoms with Crippen LogP contribution in [0.1, 0.15) is 6.92 Å². The largest absolute Gasteiger partial charge is 0.481 e. The van der Waals surface area contributed by atoms with Crippen LogP contribution < -0.4 is 10.1 Å². The predicted molar refractivity (Wildman–Crippen MR) is 76.6 cm³/mol. The third-order valence-electron chi connectivity index (χ3n) is 2.59. The van der Waals surface area contributed by atoms with Gasteiger partial charge in [-0.25, -0.2) is 4.39 Å². The second-order valence-corrected chi connectivity index (χ2v) is 4.65. The lowest BCUT2D eigenvalue weighted by Crippen LogP contribution is -2.30. The second kappa shape index (κ2) is 6.39. The van der Waals surface area contributed by atoms with Gasteiger partial charge in [-0.1, -0.05) is 17.7 Å². The van der Waals surface area contributed by atoms with Gasteiger partial charge in [0.05, 0.1) is 0 Å². The lowest BCUT2D eigenvalue weighted by Gasteiger charge is -2.14. The van der Waals surface area contributed by atoms with Gasteiger partial charge in [-0.2, -0.15) is 0 Å². The number of benzene rings is 2. The van der Waals surface area contributed by atoms with E-state index in [4.69, 9.17) is 16.3 Å². The van der Waals surface area contributed by atoms with Gasteiger partial charge in [0, 0.05) is 10.7 Å². The molecule has 0 bridgehead atoms. The molecule has 1 atom stereocenters. The predicted octanol–water partition coefficient (Wildman–Crippen LogP) is 3.89. The van der Waals surface area contributed by atoms with E-state index in [1.807, 2.05) is 0 Å². The molecule has 0 saturated heterocycles. The number of anilines is 1. The number of carbonyl (C=O) groups excluding carboxylic acids is 1. The maximum absolute atomic E-state index is 12.8. The molecule has 20 heavy (non-hydrogen) atoms. The molecule has 0 saturated carbocycles. The van der Waals surface area contributed by atoms with Crippen molar-refractivity contribution in [3.05, 3.63) is 59.4 Å². The highest BCUT2D eigenvalue weighted by Crippen LogP contribution is 2.18. The van der Waals surface area contributed by atoms with Crippen molar-refractivity contribution in [1.82, 2.24) is 0 Å². The highest BCUT2D eigenvalue weighted by atomic mass is 35.5. The summed E-state index contributed by atoms with van der Waals surface area (Å²) in [6, 6.07) is 12.3. The van der Waals surface area contributed by atoms with E-state index in [2.05, 4.69) is 5.32 Å². The molecule has 1 N–H and O–H groups in total. The molecule has 0 aromatic heterocycles. The first kappa shape index (κ1) is 14.3. The fourth-order valence-corrected chi connectivity index (χ4v) is 1.76. The Labute approximate surface area is 121 Å². The number of hydrogen-bond acceptors (Lipinski definition) is 2. The zero-order valence-electron chi connectivity index (χ0n) is 10.8. The molecule has 0 aliphatic heterocycles. The molecule has 5 heteroatoms. The van der Waals surface area contributed by atoms with Crippen molar-refractivity contribution in [2.75, 3.05) is 5.32 Å². The van der Waals surface area contributed by atoms with Crippen LogP contribution in [-0.2, 0) is 4.79 Å². The van der Waals surface area contributed by atoms with Gasteiger partial charge in [-0.3, -0.25) is 4.79 Å². The highest BCUT2D eigenvalue weighted by Gasteiger charge is 2.15. The van der Waals surface area contributed by atoms with E-state index in [-0.39, 0.29) is 11.7 Å². The molecular formula is C15H13ClFNO2. The van der Waals surface area contributed by atoms with Crippen molar-refractivity contribution in [3.63, 3.8) is 0 Å². The number of rotatable bonds is 4. The topological polar surface area (TPSA) is 38.3 Å². The van der Waals surface area contributed by atoms with E-state index in [1.54, 1.807) is 31.2 Å². The quantitative estimate of drug-likeness (QED) is 0.929. The minimum atomic E-state index is -0.696. The maximum atomic E-state index is 12.8. The lowest BCUT2D eigenvalue weighted by atomic mass is 10.3. The minimum absolute atomic E-state index is 0.323. The zero-order valence-corrected chi connectivity index (χ0v) is 11.5. The molecule has 0 aliphatic rings. The molecule has 0 aliphatic carbocycles. The van der Waals surface area contributed by atoms with E-state index in [0.717, 1.165) is 0 Å². The van der Waals surface area contributed by atoms with Crippen molar-refractivity contribution < 1.29 is 13.9 Å². The normalized spacial score (nSPS) is 11.8. The molecule has 0 fully saturated rings. The first-order valence-electron chi connectivity index (χ1n) is 6.03. The molecule has 0 heterocycles. The van der Waals surface area contributed by atoms with E-state index in [0.29, 0.717) is 16.5 Å². The van der Waals surface area contributed by atoms with E-state index < -0.39 is 6.10 Å². The zero-order chi connectivity index (χ0) is 14.5. The summed E-state index contributed by atoms with van der Waals surface area (Å²) in [5, 5.41) is 3.18. The standard InChI is InChI=1S/C15H13ClFNO2/c1-10(20-14-4-2-3-11(16)9-14)15(19)18-13-7-5-12(17)6-8-13/h2-10H,1H3,(H,18,19)/t10-/m0/s1. The molecule has 0 radical (unpaired) electrons. The van der Waals surface area contributed by atoms with Gasteiger partial charge in [-0.05, 0) is 49.4 Å². The van der Waals surface area contributed by atoms with Crippen LogP contribution in [0.5, 0.6) is 5.75 Å². The first-order chi connectivity index (χ1) is 9.54. The summed E-state index contributed by atoms with van der Waals surface area (Å²) >= 11 is 5.84. The van der Waals surface area contributed by atoms with Crippen LogP contribution in [0.25, 0.3) is 0 Å². The molecule has 0 unspecified atom stereocenters. The average molecular weight is 294 g/mol. The van der Waals surface area contributed by atoms with Crippen molar-refractivity contribution in [2.45, 2.75) is 13.0 Å². The van der Waals surface area contributed by atoms with Crippen LogP contribution in [-0.4, -0.2) is 12.0 Å². The molecule has 0 spiro atoms. The third kappa shape index (κ3) is 3.96. The molecule has 2 aromatic rings. The minimum Gasteiger partial charge on any atom is -0.481 e. The number of carbonyl (C=O) groups is 1. The number of ether oxygens (including phenoxy) is 1. The van der Waals surface area contributed by atoms with Crippen molar-refractivity contribution in [1.29, 1.82) is 0 Å². The summed E-state index contributed by atoms with van der Waals surface area (Å²) in [6.45, 7) is 1.62. The molecule has 1 amide bonds. The number of amides is 1.